The van der Waals surface area contributed by atoms with Crippen LogP contribution in [0.2, 0.25) is 0 Å². The first-order valence-electron chi connectivity index (χ1n) is 9.44. The third-order valence-electron chi connectivity index (χ3n) is 4.40. The maximum atomic E-state index is 5.78. The molecule has 0 aromatic carbocycles. The fourth-order valence-electron chi connectivity index (χ4n) is 2.98. The van der Waals surface area contributed by atoms with Crippen molar-refractivity contribution in [3.8, 4) is 5.75 Å². The molecule has 1 aromatic heterocycles. The Hall–Kier alpha value is -1.29. The van der Waals surface area contributed by atoms with Crippen molar-refractivity contribution in [1.82, 2.24) is 10.3 Å². The molecule has 0 radical (unpaired) electrons. The number of unbranched alkanes of at least 4 members (excludes halogenated alkanes) is 6. The maximum Gasteiger partial charge on any atom is 0.137 e. The molecule has 2 rings (SSSR count). The summed E-state index contributed by atoms with van der Waals surface area (Å²) in [4.78, 5) is 4.46. The first kappa shape index (κ1) is 18.1. The van der Waals surface area contributed by atoms with Gasteiger partial charge in [0.15, 0.2) is 0 Å². The molecule has 1 aliphatic rings. The van der Waals surface area contributed by atoms with Crippen LogP contribution in [-0.4, -0.2) is 30.7 Å². The van der Waals surface area contributed by atoms with Gasteiger partial charge < -0.3 is 15.4 Å². The Morgan fingerprint density at radius 2 is 2.00 bits per heavy atom. The summed E-state index contributed by atoms with van der Waals surface area (Å²) >= 11 is 0. The van der Waals surface area contributed by atoms with Gasteiger partial charge in [-0.2, -0.15) is 0 Å². The summed E-state index contributed by atoms with van der Waals surface area (Å²) in [7, 11) is 0. The number of pyridine rings is 1. The third kappa shape index (κ3) is 7.69. The predicted molar refractivity (Wildman–Crippen MR) is 97.2 cm³/mol. The summed E-state index contributed by atoms with van der Waals surface area (Å²) in [6.07, 6.45) is 13.5. The average Bonchev–Trinajstić information content (AvgIpc) is 2.60. The van der Waals surface area contributed by atoms with E-state index in [-0.39, 0.29) is 0 Å². The van der Waals surface area contributed by atoms with Crippen LogP contribution in [0.15, 0.2) is 18.3 Å². The zero-order valence-corrected chi connectivity index (χ0v) is 14.7. The lowest BCUT2D eigenvalue weighted by atomic mass is 10.1. The molecule has 0 aliphatic carbocycles. The molecular formula is C19H33N3O. The van der Waals surface area contributed by atoms with E-state index in [2.05, 4.69) is 22.5 Å². The number of nitrogens with zero attached hydrogens (tertiary/aromatic N) is 1. The quantitative estimate of drug-likeness (QED) is 0.594. The molecule has 1 saturated heterocycles. The monoisotopic (exact) mass is 319 g/mol. The molecule has 0 amide bonds. The van der Waals surface area contributed by atoms with Crippen LogP contribution in [0.4, 0.5) is 5.82 Å². The molecule has 23 heavy (non-hydrogen) atoms. The Morgan fingerprint density at radius 1 is 1.17 bits per heavy atom. The highest BCUT2D eigenvalue weighted by Gasteiger charge is 2.12. The van der Waals surface area contributed by atoms with E-state index in [0.717, 1.165) is 37.7 Å². The Kier molecular flexibility index (Phi) is 8.85. The van der Waals surface area contributed by atoms with E-state index in [1.807, 2.05) is 18.3 Å². The summed E-state index contributed by atoms with van der Waals surface area (Å²) in [5.41, 5.74) is 0. The summed E-state index contributed by atoms with van der Waals surface area (Å²) < 4.78 is 5.78. The van der Waals surface area contributed by atoms with E-state index in [1.54, 1.807) is 0 Å². The van der Waals surface area contributed by atoms with Crippen LogP contribution in [-0.2, 0) is 0 Å². The van der Waals surface area contributed by atoms with Crippen LogP contribution in [0.3, 0.4) is 0 Å². The number of hydrogen-bond acceptors (Lipinski definition) is 4. The highest BCUT2D eigenvalue weighted by molar-refractivity contribution is 5.38. The standard InChI is InChI=1S/C19H33N3O/c1-2-3-4-5-6-7-8-14-23-18-11-12-19(21-16-18)22-17-10-9-13-20-15-17/h11-12,16-17,20H,2-10,13-15H2,1H3,(H,21,22). The molecule has 0 bridgehead atoms. The lowest BCUT2D eigenvalue weighted by molar-refractivity contribution is 0.303. The van der Waals surface area contributed by atoms with Crippen molar-refractivity contribution in [1.29, 1.82) is 0 Å². The van der Waals surface area contributed by atoms with Crippen molar-refractivity contribution in [2.24, 2.45) is 0 Å². The zero-order chi connectivity index (χ0) is 16.2. The fraction of sp³-hybridized carbons (Fsp3) is 0.737. The van der Waals surface area contributed by atoms with Crippen LogP contribution < -0.4 is 15.4 Å². The summed E-state index contributed by atoms with van der Waals surface area (Å²) in [5.74, 6) is 1.82. The molecule has 1 aliphatic heterocycles. The van der Waals surface area contributed by atoms with Gasteiger partial charge >= 0.3 is 0 Å². The van der Waals surface area contributed by atoms with E-state index in [9.17, 15) is 0 Å². The lowest BCUT2D eigenvalue weighted by Crippen LogP contribution is -2.38. The SMILES string of the molecule is CCCCCCCCCOc1ccc(NC2CCCNC2)nc1. The maximum absolute atomic E-state index is 5.78. The lowest BCUT2D eigenvalue weighted by Gasteiger charge is -2.24. The molecule has 0 saturated carbocycles. The minimum atomic E-state index is 0.496. The van der Waals surface area contributed by atoms with Crippen LogP contribution in [0, 0.1) is 0 Å². The van der Waals surface area contributed by atoms with E-state index in [4.69, 9.17) is 4.74 Å². The second-order valence-electron chi connectivity index (χ2n) is 6.54. The number of rotatable bonds is 11. The highest BCUT2D eigenvalue weighted by atomic mass is 16.5. The van der Waals surface area contributed by atoms with Crippen molar-refractivity contribution < 1.29 is 4.74 Å². The number of ether oxygens (including phenoxy) is 1. The van der Waals surface area contributed by atoms with Crippen molar-refractivity contribution in [2.45, 2.75) is 70.8 Å². The fourth-order valence-corrected chi connectivity index (χ4v) is 2.98. The van der Waals surface area contributed by atoms with Gasteiger partial charge in [-0.05, 0) is 37.9 Å². The molecule has 1 unspecified atom stereocenters. The van der Waals surface area contributed by atoms with Gasteiger partial charge in [-0.1, -0.05) is 45.4 Å². The largest absolute Gasteiger partial charge is 0.492 e. The Labute approximate surface area is 141 Å². The van der Waals surface area contributed by atoms with E-state index < -0.39 is 0 Å². The van der Waals surface area contributed by atoms with E-state index in [0.29, 0.717) is 6.04 Å². The highest BCUT2D eigenvalue weighted by Crippen LogP contribution is 2.15. The molecule has 4 nitrogen and oxygen atoms in total. The van der Waals surface area contributed by atoms with Gasteiger partial charge in [0.05, 0.1) is 12.8 Å². The van der Waals surface area contributed by atoms with Crippen molar-refractivity contribution >= 4 is 5.82 Å². The van der Waals surface area contributed by atoms with E-state index in [1.165, 1.54) is 51.4 Å². The topological polar surface area (TPSA) is 46.2 Å². The molecule has 1 aromatic rings. The molecule has 2 heterocycles. The van der Waals surface area contributed by atoms with Gasteiger partial charge in [0, 0.05) is 12.6 Å². The molecule has 1 atom stereocenters. The van der Waals surface area contributed by atoms with Gasteiger partial charge in [0.2, 0.25) is 0 Å². The first-order chi connectivity index (χ1) is 11.4. The number of aromatic nitrogens is 1. The van der Waals surface area contributed by atoms with Gasteiger partial charge in [0.25, 0.3) is 0 Å². The van der Waals surface area contributed by atoms with Gasteiger partial charge in [-0.25, -0.2) is 4.98 Å². The van der Waals surface area contributed by atoms with Crippen LogP contribution >= 0.6 is 0 Å². The third-order valence-corrected chi connectivity index (χ3v) is 4.40. The zero-order valence-electron chi connectivity index (χ0n) is 14.7. The Balaban J connectivity index is 1.55. The molecule has 4 heteroatoms. The molecular weight excluding hydrogens is 286 g/mol. The summed E-state index contributed by atoms with van der Waals surface area (Å²) in [6.45, 7) is 5.22. The summed E-state index contributed by atoms with van der Waals surface area (Å²) in [6, 6.07) is 4.54. The van der Waals surface area contributed by atoms with Crippen molar-refractivity contribution in [2.75, 3.05) is 25.0 Å². The number of anilines is 1. The molecule has 2 N–H and O–H groups in total. The van der Waals surface area contributed by atoms with Crippen molar-refractivity contribution in [3.05, 3.63) is 18.3 Å². The van der Waals surface area contributed by atoms with E-state index >= 15 is 0 Å². The van der Waals surface area contributed by atoms with Crippen molar-refractivity contribution in [3.63, 3.8) is 0 Å². The normalized spacial score (nSPS) is 17.9. The minimum Gasteiger partial charge on any atom is -0.492 e. The smallest absolute Gasteiger partial charge is 0.137 e. The average molecular weight is 319 g/mol. The molecule has 0 spiro atoms. The minimum absolute atomic E-state index is 0.496. The van der Waals surface area contributed by atoms with Gasteiger partial charge in [0.1, 0.15) is 11.6 Å². The number of nitrogens with one attached hydrogen (secondary N) is 2. The molecule has 1 fully saturated rings. The number of hydrogen-bond donors (Lipinski definition) is 2. The first-order valence-corrected chi connectivity index (χ1v) is 9.44. The van der Waals surface area contributed by atoms with Crippen LogP contribution in [0.25, 0.3) is 0 Å². The second kappa shape index (κ2) is 11.3. The molecule has 130 valence electrons. The van der Waals surface area contributed by atoms with Crippen LogP contribution in [0.1, 0.15) is 64.7 Å². The van der Waals surface area contributed by atoms with Gasteiger partial charge in [-0.3, -0.25) is 0 Å². The Bertz CT molecular complexity index is 402. The van der Waals surface area contributed by atoms with Crippen LogP contribution in [0.5, 0.6) is 5.75 Å². The Morgan fingerprint density at radius 3 is 2.70 bits per heavy atom. The van der Waals surface area contributed by atoms with Gasteiger partial charge in [-0.15, -0.1) is 0 Å². The number of piperidine rings is 1. The predicted octanol–water partition coefficient (Wildman–Crippen LogP) is 4.37. The summed E-state index contributed by atoms with van der Waals surface area (Å²) in [5, 5.41) is 6.89. The second-order valence-corrected chi connectivity index (χ2v) is 6.54.